The van der Waals surface area contributed by atoms with Crippen LogP contribution in [0.5, 0.6) is 0 Å². The van der Waals surface area contributed by atoms with Crippen LogP contribution in [0.2, 0.25) is 0 Å². The molecule has 152 valence electrons. The minimum atomic E-state index is -0.293. The number of rotatable bonds is 5. The average Bonchev–Trinajstić information content (AvgIpc) is 2.73. The largest absolute Gasteiger partial charge is 0.466 e. The predicted octanol–water partition coefficient (Wildman–Crippen LogP) is 4.84. The molecule has 4 nitrogen and oxygen atoms in total. The molecule has 0 N–H and O–H groups in total. The number of carbonyl (C=O) groups is 1. The van der Waals surface area contributed by atoms with E-state index in [2.05, 4.69) is 54.7 Å². The first-order valence-corrected chi connectivity index (χ1v) is 11.3. The number of esters is 1. The van der Waals surface area contributed by atoms with Gasteiger partial charge in [0, 0.05) is 10.5 Å². The second kappa shape index (κ2) is 9.45. The van der Waals surface area contributed by atoms with Crippen molar-refractivity contribution in [1.29, 1.82) is 0 Å². The second-order valence-electron chi connectivity index (χ2n) is 7.37. The van der Waals surface area contributed by atoms with Gasteiger partial charge in [0.15, 0.2) is 0 Å². The first kappa shape index (κ1) is 21.4. The Morgan fingerprint density at radius 3 is 2.62 bits per heavy atom. The van der Waals surface area contributed by atoms with E-state index in [1.165, 1.54) is 28.2 Å². The number of aromatic nitrogens is 2. The summed E-state index contributed by atoms with van der Waals surface area (Å²) in [6.07, 6.45) is 6.87. The molecule has 0 unspecified atom stereocenters. The molecule has 0 aliphatic carbocycles. The van der Waals surface area contributed by atoms with Gasteiger partial charge in [-0.3, -0.25) is 9.78 Å². The van der Waals surface area contributed by atoms with Gasteiger partial charge in [0.05, 0.1) is 31.1 Å². The van der Waals surface area contributed by atoms with Crippen LogP contribution < -0.4 is 0 Å². The highest BCUT2D eigenvalue weighted by atomic mass is 32.2. The summed E-state index contributed by atoms with van der Waals surface area (Å²) < 4.78 is 4.94. The standard InChI is InChI=1S/C24H28N2O2S/c1-5-24(6-2)10-11-29-22-12-17(4)18(13-21(22)24)8-9-19-15-26-20(16-25-19)14-23(27)28-7-3/h12-13,15-16H,5-7,10-11,14H2,1-4H3. The maximum atomic E-state index is 11.5. The number of benzene rings is 1. The summed E-state index contributed by atoms with van der Waals surface area (Å²) in [5, 5.41) is 0. The Labute approximate surface area is 177 Å². The van der Waals surface area contributed by atoms with Crippen molar-refractivity contribution in [3.8, 4) is 11.8 Å². The molecule has 29 heavy (non-hydrogen) atoms. The fraction of sp³-hybridized carbons (Fsp3) is 0.458. The van der Waals surface area contributed by atoms with Crippen molar-refractivity contribution in [1.82, 2.24) is 9.97 Å². The molecule has 0 radical (unpaired) electrons. The van der Waals surface area contributed by atoms with E-state index < -0.39 is 0 Å². The van der Waals surface area contributed by atoms with E-state index in [0.717, 1.165) is 18.4 Å². The topological polar surface area (TPSA) is 52.1 Å². The van der Waals surface area contributed by atoms with E-state index >= 15 is 0 Å². The number of thioether (sulfide) groups is 1. The molecule has 0 saturated carbocycles. The number of aryl methyl sites for hydroxylation is 1. The van der Waals surface area contributed by atoms with Crippen molar-refractivity contribution in [3.05, 3.63) is 52.6 Å². The van der Waals surface area contributed by atoms with Gasteiger partial charge < -0.3 is 4.74 Å². The van der Waals surface area contributed by atoms with E-state index in [-0.39, 0.29) is 17.8 Å². The molecule has 0 amide bonds. The van der Waals surface area contributed by atoms with Crippen molar-refractivity contribution in [2.24, 2.45) is 0 Å². The van der Waals surface area contributed by atoms with Crippen molar-refractivity contribution < 1.29 is 9.53 Å². The first-order valence-electron chi connectivity index (χ1n) is 10.3. The smallest absolute Gasteiger partial charge is 0.311 e. The molecule has 1 aromatic heterocycles. The Hall–Kier alpha value is -2.32. The molecule has 0 atom stereocenters. The molecule has 2 aromatic rings. The number of fused-ring (bicyclic) bond motifs is 1. The maximum Gasteiger partial charge on any atom is 0.311 e. The normalized spacial score (nSPS) is 14.5. The van der Waals surface area contributed by atoms with Crippen LogP contribution in [0.25, 0.3) is 0 Å². The third-order valence-electron chi connectivity index (χ3n) is 5.75. The monoisotopic (exact) mass is 408 g/mol. The van der Waals surface area contributed by atoms with E-state index in [0.29, 0.717) is 18.0 Å². The minimum absolute atomic E-state index is 0.131. The third kappa shape index (κ3) is 4.82. The van der Waals surface area contributed by atoms with Gasteiger partial charge in [-0.1, -0.05) is 19.8 Å². The molecule has 5 heteroatoms. The Balaban J connectivity index is 1.85. The van der Waals surface area contributed by atoms with Gasteiger partial charge >= 0.3 is 5.97 Å². The number of ether oxygens (including phenoxy) is 1. The lowest BCUT2D eigenvalue weighted by Gasteiger charge is -2.38. The summed E-state index contributed by atoms with van der Waals surface area (Å²) in [5.74, 6) is 7.32. The highest BCUT2D eigenvalue weighted by Crippen LogP contribution is 2.46. The summed E-state index contributed by atoms with van der Waals surface area (Å²) in [7, 11) is 0. The fourth-order valence-electron chi connectivity index (χ4n) is 3.83. The highest BCUT2D eigenvalue weighted by Gasteiger charge is 2.34. The van der Waals surface area contributed by atoms with Gasteiger partial charge in [-0.05, 0) is 73.5 Å². The molecule has 2 heterocycles. The van der Waals surface area contributed by atoms with Crippen molar-refractivity contribution in [3.63, 3.8) is 0 Å². The van der Waals surface area contributed by atoms with Gasteiger partial charge in [0.1, 0.15) is 5.69 Å². The number of nitrogens with zero attached hydrogens (tertiary/aromatic N) is 2. The summed E-state index contributed by atoms with van der Waals surface area (Å²) in [4.78, 5) is 21.6. The van der Waals surface area contributed by atoms with Gasteiger partial charge in [0.25, 0.3) is 0 Å². The molecule has 0 saturated heterocycles. The van der Waals surface area contributed by atoms with Crippen molar-refractivity contribution in [2.45, 2.75) is 63.7 Å². The fourth-order valence-corrected chi connectivity index (χ4v) is 5.23. The van der Waals surface area contributed by atoms with Crippen molar-refractivity contribution in [2.75, 3.05) is 12.4 Å². The molecule has 1 aliphatic heterocycles. The zero-order valence-corrected chi connectivity index (χ0v) is 18.5. The van der Waals surface area contributed by atoms with Gasteiger partial charge in [0.2, 0.25) is 0 Å². The van der Waals surface area contributed by atoms with E-state index in [1.54, 1.807) is 19.3 Å². The van der Waals surface area contributed by atoms with Gasteiger partial charge in [-0.2, -0.15) is 0 Å². The van der Waals surface area contributed by atoms with Crippen LogP contribution in [0.3, 0.4) is 0 Å². The Morgan fingerprint density at radius 1 is 1.17 bits per heavy atom. The number of hydrogen-bond donors (Lipinski definition) is 0. The van der Waals surface area contributed by atoms with Crippen LogP contribution in [0, 0.1) is 18.8 Å². The molecule has 3 rings (SSSR count). The lowest BCUT2D eigenvalue weighted by atomic mass is 9.73. The SMILES string of the molecule is CCOC(=O)Cc1cnc(C#Cc2cc3c(cc2C)SCCC3(CC)CC)cn1. The zero-order valence-electron chi connectivity index (χ0n) is 17.7. The lowest BCUT2D eigenvalue weighted by Crippen LogP contribution is -2.29. The number of carbonyl (C=O) groups excluding carboxylic acids is 1. The summed E-state index contributed by atoms with van der Waals surface area (Å²) in [5.41, 5.74) is 5.14. The summed E-state index contributed by atoms with van der Waals surface area (Å²) in [6, 6.07) is 4.58. The molecule has 1 aliphatic rings. The van der Waals surface area contributed by atoms with E-state index in [9.17, 15) is 4.79 Å². The van der Waals surface area contributed by atoms with Gasteiger partial charge in [-0.15, -0.1) is 11.8 Å². The quantitative estimate of drug-likeness (QED) is 0.523. The van der Waals surface area contributed by atoms with E-state index in [4.69, 9.17) is 4.74 Å². The molecule has 1 aromatic carbocycles. The third-order valence-corrected chi connectivity index (χ3v) is 6.81. The molecular weight excluding hydrogens is 380 g/mol. The molecular formula is C24H28N2O2S. The number of hydrogen-bond acceptors (Lipinski definition) is 5. The molecule has 0 bridgehead atoms. The maximum absolute atomic E-state index is 11.5. The zero-order chi connectivity index (χ0) is 20.9. The minimum Gasteiger partial charge on any atom is -0.466 e. The Bertz CT molecular complexity index is 938. The Morgan fingerprint density at radius 2 is 1.97 bits per heavy atom. The van der Waals surface area contributed by atoms with Crippen LogP contribution in [0.4, 0.5) is 0 Å². The summed E-state index contributed by atoms with van der Waals surface area (Å²) >= 11 is 1.96. The molecule has 0 spiro atoms. The first-order chi connectivity index (χ1) is 14.0. The predicted molar refractivity (Wildman–Crippen MR) is 117 cm³/mol. The molecule has 0 fully saturated rings. The summed E-state index contributed by atoms with van der Waals surface area (Å²) in [6.45, 7) is 8.86. The average molecular weight is 409 g/mol. The van der Waals surface area contributed by atoms with Crippen LogP contribution in [0.15, 0.2) is 29.4 Å². The van der Waals surface area contributed by atoms with Crippen LogP contribution >= 0.6 is 11.8 Å². The van der Waals surface area contributed by atoms with E-state index in [1.807, 2.05) is 11.8 Å². The van der Waals surface area contributed by atoms with Crippen molar-refractivity contribution >= 4 is 17.7 Å². The second-order valence-corrected chi connectivity index (χ2v) is 8.51. The Kier molecular flexibility index (Phi) is 6.97. The highest BCUT2D eigenvalue weighted by molar-refractivity contribution is 7.99. The van der Waals surface area contributed by atoms with Crippen LogP contribution in [-0.4, -0.2) is 28.3 Å². The van der Waals surface area contributed by atoms with Crippen LogP contribution in [0.1, 0.15) is 68.1 Å². The van der Waals surface area contributed by atoms with Crippen LogP contribution in [-0.2, 0) is 21.4 Å². The lowest BCUT2D eigenvalue weighted by molar-refractivity contribution is -0.142. The van der Waals surface area contributed by atoms with Gasteiger partial charge in [-0.25, -0.2) is 4.98 Å².